The van der Waals surface area contributed by atoms with Crippen molar-refractivity contribution in [3.05, 3.63) is 45.5 Å². The molecular weight excluding hydrogens is 647 g/mol. The Morgan fingerprint density at radius 2 is 1.60 bits per heavy atom. The Morgan fingerprint density at radius 3 is 2.12 bits per heavy atom. The van der Waals surface area contributed by atoms with E-state index in [1.165, 1.54) is 11.1 Å². The summed E-state index contributed by atoms with van der Waals surface area (Å²) in [5, 5.41) is 3.16. The second-order valence-electron chi connectivity index (χ2n) is 17.7. The molecule has 274 valence electrons. The quantitative estimate of drug-likeness (QED) is 0.0809. The van der Waals surface area contributed by atoms with E-state index < -0.39 is 27.9 Å². The van der Waals surface area contributed by atoms with E-state index in [2.05, 4.69) is 123 Å². The number of aryl methyl sites for hydroxylation is 1. The summed E-state index contributed by atoms with van der Waals surface area (Å²) < 4.78 is 12.6. The minimum absolute atomic E-state index is 0.0503. The predicted octanol–water partition coefficient (Wildman–Crippen LogP) is 11.9. The lowest BCUT2D eigenvalue weighted by molar-refractivity contribution is -0.149. The summed E-state index contributed by atoms with van der Waals surface area (Å²) in [6.07, 6.45) is 10.5. The van der Waals surface area contributed by atoms with E-state index >= 15 is 0 Å². The Morgan fingerprint density at radius 1 is 1.00 bits per heavy atom. The first-order chi connectivity index (χ1) is 21.8. The predicted molar refractivity (Wildman–Crippen MR) is 214 cm³/mol. The lowest BCUT2D eigenvalue weighted by atomic mass is 9.71. The fraction of sp³-hybridized carbons (Fsp3) is 0.725. The molecule has 0 N–H and O–H groups in total. The molecule has 1 aromatic rings. The van der Waals surface area contributed by atoms with Gasteiger partial charge in [-0.05, 0) is 81.6 Å². The molecule has 1 aromatic heterocycles. The van der Waals surface area contributed by atoms with E-state index in [9.17, 15) is 9.59 Å². The first kappa shape index (κ1) is 44.4. The molecule has 5 nitrogen and oxygen atoms in total. The monoisotopic (exact) mass is 717 g/mol. The van der Waals surface area contributed by atoms with E-state index in [1.807, 2.05) is 27.7 Å². The number of carbonyl (C=O) groups is 2. The molecule has 0 spiro atoms. The highest BCUT2D eigenvalue weighted by Gasteiger charge is 2.47. The maximum absolute atomic E-state index is 14.3. The fourth-order valence-electron chi connectivity index (χ4n) is 5.21. The number of esters is 1. The van der Waals surface area contributed by atoms with Gasteiger partial charge in [-0.25, -0.2) is 4.98 Å². The number of Topliss-reactive ketones (excluding diaryl/α,β-unsaturated/α-hetero) is 1. The van der Waals surface area contributed by atoms with Gasteiger partial charge in [0.1, 0.15) is 5.78 Å². The summed E-state index contributed by atoms with van der Waals surface area (Å²) in [4.78, 5) is 32.0. The second-order valence-corrected chi connectivity index (χ2v) is 29.1. The van der Waals surface area contributed by atoms with Crippen molar-refractivity contribution in [2.45, 2.75) is 152 Å². The first-order valence-corrected chi connectivity index (χ1v) is 25.6. The van der Waals surface area contributed by atoms with E-state index in [0.29, 0.717) is 12.5 Å². The van der Waals surface area contributed by atoms with Crippen LogP contribution in [0.2, 0.25) is 43.8 Å². The molecule has 0 bridgehead atoms. The average Bonchev–Trinajstić information content (AvgIpc) is 3.36. The summed E-state index contributed by atoms with van der Waals surface area (Å²) in [5.74, 6) is 0.503. The molecule has 5 atom stereocenters. The van der Waals surface area contributed by atoms with Gasteiger partial charge in [0.05, 0.1) is 29.8 Å². The van der Waals surface area contributed by atoms with Gasteiger partial charge in [0, 0.05) is 24.8 Å². The van der Waals surface area contributed by atoms with Crippen LogP contribution in [0.3, 0.4) is 0 Å². The number of thiazole rings is 1. The molecule has 0 aromatic carbocycles. The lowest BCUT2D eigenvalue weighted by Crippen LogP contribution is -2.52. The Bertz CT molecular complexity index is 1280. The zero-order valence-corrected chi connectivity index (χ0v) is 36.6. The highest BCUT2D eigenvalue weighted by atomic mass is 32.1. The largest absolute Gasteiger partial charge is 0.466 e. The third-order valence-corrected chi connectivity index (χ3v) is 17.7. The molecular formula is C40H71NO4SSi2. The number of aromatic nitrogens is 1. The molecule has 0 aliphatic carbocycles. The zero-order chi connectivity index (χ0) is 37.3. The van der Waals surface area contributed by atoms with E-state index in [1.54, 1.807) is 11.3 Å². The highest BCUT2D eigenvalue weighted by Crippen LogP contribution is 2.42. The van der Waals surface area contributed by atoms with Crippen molar-refractivity contribution in [2.75, 3.05) is 6.61 Å². The number of allylic oxidation sites excluding steroid dienone is 5. The van der Waals surface area contributed by atoms with Crippen molar-refractivity contribution in [1.29, 1.82) is 0 Å². The van der Waals surface area contributed by atoms with Crippen molar-refractivity contribution in [2.24, 2.45) is 29.1 Å². The van der Waals surface area contributed by atoms with Gasteiger partial charge in [0.25, 0.3) is 0 Å². The molecule has 0 aliphatic rings. The standard InChI is InChI=1S/C40H71NO4SSi2/c1-28(21-22-29(2)31(4)25-35-27-46-34(7)41-35)19-18-20-30(3)32(5)33(6)38(43)40(11,12)36(45-48(16,17)39(8,9)10)26-37(42)44-23-24-47(13,14)15/h18,20-21,25,27,29-30,32-33,36H,19,22-24,26H2,1-17H3/b20-18+,28-21-,31-25+/t29-,30-,32-,33+,36-/m0/s1. The number of ether oxygens (including phenoxy) is 1. The number of hydrogen-bond donors (Lipinski definition) is 0. The van der Waals surface area contributed by atoms with Gasteiger partial charge in [-0.3, -0.25) is 9.59 Å². The van der Waals surface area contributed by atoms with E-state index in [4.69, 9.17) is 9.16 Å². The molecule has 8 heteroatoms. The van der Waals surface area contributed by atoms with Crippen LogP contribution in [-0.4, -0.2) is 45.8 Å². The van der Waals surface area contributed by atoms with Crippen LogP contribution in [0.1, 0.15) is 106 Å². The van der Waals surface area contributed by atoms with Crippen LogP contribution < -0.4 is 0 Å². The SMILES string of the molecule is C/C(=C/C[C@H](C)/C(C)=C/c1csc(C)n1)C/C=C/[C@H](C)[C@H](C)[C@@H](C)C(=O)C(C)(C)[C@H](CC(=O)OCC[Si](C)(C)C)O[Si](C)(C)C(C)(C)C. The smallest absolute Gasteiger partial charge is 0.308 e. The van der Waals surface area contributed by atoms with Gasteiger partial charge in [-0.15, -0.1) is 11.3 Å². The molecule has 1 rings (SSSR count). The van der Waals surface area contributed by atoms with Crippen LogP contribution in [0.5, 0.6) is 0 Å². The molecule has 0 saturated carbocycles. The Labute approximate surface area is 301 Å². The third kappa shape index (κ3) is 14.7. The van der Waals surface area contributed by atoms with Gasteiger partial charge in [-0.2, -0.15) is 0 Å². The second kappa shape index (κ2) is 18.6. The Hall–Kier alpha value is -1.62. The van der Waals surface area contributed by atoms with Crippen LogP contribution in [-0.2, 0) is 18.8 Å². The number of ketones is 1. The van der Waals surface area contributed by atoms with Crippen LogP contribution in [0.15, 0.2) is 34.8 Å². The summed E-state index contributed by atoms with van der Waals surface area (Å²) in [6, 6.07) is 0.924. The molecule has 0 radical (unpaired) electrons. The van der Waals surface area contributed by atoms with E-state index in [-0.39, 0.29) is 41.0 Å². The van der Waals surface area contributed by atoms with Gasteiger partial charge in [-0.1, -0.05) is 111 Å². The Balaban J connectivity index is 2.96. The van der Waals surface area contributed by atoms with Crippen LogP contribution in [0.25, 0.3) is 6.08 Å². The summed E-state index contributed by atoms with van der Waals surface area (Å²) in [7, 11) is -3.61. The molecule has 1 heterocycles. The van der Waals surface area contributed by atoms with Crippen molar-refractivity contribution in [1.82, 2.24) is 4.98 Å². The van der Waals surface area contributed by atoms with E-state index in [0.717, 1.165) is 29.6 Å². The average molecular weight is 718 g/mol. The maximum Gasteiger partial charge on any atom is 0.308 e. The number of rotatable bonds is 19. The normalized spacial score (nSPS) is 17.3. The minimum atomic E-state index is -2.28. The maximum atomic E-state index is 14.3. The third-order valence-electron chi connectivity index (χ3n) is 10.7. The van der Waals surface area contributed by atoms with Crippen LogP contribution in [0, 0.1) is 36.0 Å². The van der Waals surface area contributed by atoms with Gasteiger partial charge in [0.15, 0.2) is 8.32 Å². The van der Waals surface area contributed by atoms with Crippen LogP contribution in [0.4, 0.5) is 0 Å². The number of carbonyl (C=O) groups excluding carboxylic acids is 2. The van der Waals surface area contributed by atoms with Crippen molar-refractivity contribution in [3.63, 3.8) is 0 Å². The minimum Gasteiger partial charge on any atom is -0.466 e. The Kier molecular flexibility index (Phi) is 17.2. The molecule has 0 unspecified atom stereocenters. The molecule has 0 saturated heterocycles. The van der Waals surface area contributed by atoms with Crippen molar-refractivity contribution >= 4 is 45.6 Å². The first-order valence-electron chi connectivity index (χ1n) is 18.1. The number of nitrogens with zero attached hydrogens (tertiary/aromatic N) is 1. The highest BCUT2D eigenvalue weighted by molar-refractivity contribution is 7.09. The molecule has 0 aliphatic heterocycles. The van der Waals surface area contributed by atoms with Gasteiger partial charge < -0.3 is 9.16 Å². The van der Waals surface area contributed by atoms with Gasteiger partial charge in [0.2, 0.25) is 0 Å². The fourth-order valence-corrected chi connectivity index (χ4v) is 7.94. The lowest BCUT2D eigenvalue weighted by Gasteiger charge is -2.44. The number of hydrogen-bond acceptors (Lipinski definition) is 6. The van der Waals surface area contributed by atoms with Gasteiger partial charge >= 0.3 is 5.97 Å². The van der Waals surface area contributed by atoms with Crippen LogP contribution >= 0.6 is 11.3 Å². The summed E-state index contributed by atoms with van der Waals surface area (Å²) >= 11 is 1.69. The topological polar surface area (TPSA) is 65.5 Å². The summed E-state index contributed by atoms with van der Waals surface area (Å²) in [5.41, 5.74) is 2.91. The molecule has 48 heavy (non-hydrogen) atoms. The molecule has 0 amide bonds. The van der Waals surface area contributed by atoms with Crippen molar-refractivity contribution in [3.8, 4) is 0 Å². The summed E-state index contributed by atoms with van der Waals surface area (Å²) in [6.45, 7) is 37.3. The zero-order valence-electron chi connectivity index (χ0n) is 33.8. The molecule has 0 fully saturated rings. The van der Waals surface area contributed by atoms with Crippen molar-refractivity contribution < 1.29 is 18.8 Å².